The summed E-state index contributed by atoms with van der Waals surface area (Å²) < 4.78 is 11.0. The van der Waals surface area contributed by atoms with Crippen molar-refractivity contribution in [2.45, 2.75) is 79.1 Å². The number of rotatable bonds is 20. The van der Waals surface area contributed by atoms with E-state index in [1.807, 2.05) is 12.1 Å². The first-order chi connectivity index (χ1) is 20.8. The molecule has 0 heterocycles. The molecule has 0 saturated carbocycles. The Morgan fingerprint density at radius 3 is 2.30 bits per heavy atom. The van der Waals surface area contributed by atoms with Crippen LogP contribution in [0, 0.1) is 0 Å². The highest BCUT2D eigenvalue weighted by atomic mass is 16.5. The zero-order valence-electron chi connectivity index (χ0n) is 26.5. The van der Waals surface area contributed by atoms with Gasteiger partial charge >= 0.3 is 5.97 Å². The largest absolute Gasteiger partial charge is 0.460 e. The monoisotopic (exact) mass is 590 g/mol. The lowest BCUT2D eigenvalue weighted by molar-refractivity contribution is -0.123. The van der Waals surface area contributed by atoms with Crippen LogP contribution in [-0.2, 0) is 14.3 Å². The molecule has 0 saturated heterocycles. The number of ether oxygens (including phenoxy) is 2. The van der Waals surface area contributed by atoms with Gasteiger partial charge in [-0.2, -0.15) is 0 Å². The Bertz CT molecular complexity index is 1190. The molecule has 0 unspecified atom stereocenters. The Kier molecular flexibility index (Phi) is 17.4. The normalized spacial score (nSPS) is 11.1. The first-order valence-electron chi connectivity index (χ1n) is 15.6. The first-order valence-corrected chi connectivity index (χ1v) is 15.6. The molecule has 0 aliphatic carbocycles. The van der Waals surface area contributed by atoms with Crippen molar-refractivity contribution in [2.75, 3.05) is 37.8 Å². The van der Waals surface area contributed by atoms with E-state index in [4.69, 9.17) is 9.47 Å². The summed E-state index contributed by atoms with van der Waals surface area (Å²) >= 11 is 0. The van der Waals surface area contributed by atoms with Gasteiger partial charge in [0.15, 0.2) is 0 Å². The predicted molar refractivity (Wildman–Crippen MR) is 174 cm³/mol. The average Bonchev–Trinajstić information content (AvgIpc) is 3.01. The maximum atomic E-state index is 13.3. The smallest absolute Gasteiger partial charge is 0.338 e. The van der Waals surface area contributed by atoms with Crippen LogP contribution in [-0.4, -0.2) is 50.7 Å². The number of unbranched alkanes of at least 4 members (excludes halogenated alkanes) is 5. The van der Waals surface area contributed by atoms with E-state index in [1.165, 1.54) is 36.8 Å². The number of esters is 1. The minimum atomic E-state index is -0.436. The van der Waals surface area contributed by atoms with Crippen LogP contribution in [0.25, 0.3) is 0 Å². The molecule has 0 atom stereocenters. The van der Waals surface area contributed by atoms with Crippen LogP contribution in [0.5, 0.6) is 0 Å². The molecule has 43 heavy (non-hydrogen) atoms. The fourth-order valence-corrected chi connectivity index (χ4v) is 4.39. The second kappa shape index (κ2) is 21.1. The second-order valence-electron chi connectivity index (χ2n) is 11.0. The van der Waals surface area contributed by atoms with Crippen molar-refractivity contribution < 1.29 is 23.9 Å². The predicted octanol–water partition coefficient (Wildman–Crippen LogP) is 7.68. The molecule has 2 rings (SSSR count). The van der Waals surface area contributed by atoms with Gasteiger partial charge in [0.25, 0.3) is 11.8 Å². The number of allylic oxidation sites excluding steroid dienone is 3. The summed E-state index contributed by atoms with van der Waals surface area (Å²) in [4.78, 5) is 40.0. The number of benzene rings is 2. The summed E-state index contributed by atoms with van der Waals surface area (Å²) in [5.74, 6) is -0.892. The molecule has 7 nitrogen and oxygen atoms in total. The summed E-state index contributed by atoms with van der Waals surface area (Å²) in [6.45, 7) is 9.61. The van der Waals surface area contributed by atoms with Crippen molar-refractivity contribution in [3.05, 3.63) is 89.0 Å². The van der Waals surface area contributed by atoms with E-state index < -0.39 is 5.97 Å². The molecule has 0 fully saturated rings. The molecule has 0 spiro atoms. The number of nitrogens with zero attached hydrogens (tertiary/aromatic N) is 1. The third kappa shape index (κ3) is 14.8. The highest BCUT2D eigenvalue weighted by Crippen LogP contribution is 2.18. The van der Waals surface area contributed by atoms with E-state index >= 15 is 0 Å². The first kappa shape index (κ1) is 35.5. The Balaban J connectivity index is 1.99. The Morgan fingerprint density at radius 1 is 0.837 bits per heavy atom. The van der Waals surface area contributed by atoms with Gasteiger partial charge in [-0.25, -0.2) is 4.79 Å². The Morgan fingerprint density at radius 2 is 1.56 bits per heavy atom. The summed E-state index contributed by atoms with van der Waals surface area (Å²) in [5.41, 5.74) is 3.99. The minimum absolute atomic E-state index is 0.0111. The second-order valence-corrected chi connectivity index (χ2v) is 11.0. The van der Waals surface area contributed by atoms with Gasteiger partial charge in [0.1, 0.15) is 13.2 Å². The van der Waals surface area contributed by atoms with E-state index in [-0.39, 0.29) is 31.6 Å². The average molecular weight is 591 g/mol. The van der Waals surface area contributed by atoms with Crippen LogP contribution in [0.2, 0.25) is 0 Å². The van der Waals surface area contributed by atoms with Crippen molar-refractivity contribution in [3.8, 4) is 0 Å². The zero-order valence-corrected chi connectivity index (χ0v) is 26.5. The summed E-state index contributed by atoms with van der Waals surface area (Å²) in [7, 11) is 0. The van der Waals surface area contributed by atoms with Gasteiger partial charge in [0.05, 0.1) is 12.1 Å². The van der Waals surface area contributed by atoms with Crippen LogP contribution in [0.3, 0.4) is 0 Å². The summed E-state index contributed by atoms with van der Waals surface area (Å²) in [5, 5.41) is 2.79. The highest BCUT2D eigenvalue weighted by Gasteiger charge is 2.17. The van der Waals surface area contributed by atoms with Gasteiger partial charge in [0, 0.05) is 24.4 Å². The van der Waals surface area contributed by atoms with Gasteiger partial charge < -0.3 is 19.7 Å². The molecule has 2 aromatic rings. The van der Waals surface area contributed by atoms with Crippen LogP contribution in [0.1, 0.15) is 99.8 Å². The maximum Gasteiger partial charge on any atom is 0.338 e. The Labute approximate surface area is 258 Å². The molecular formula is C36H50N2O5. The lowest BCUT2D eigenvalue weighted by Gasteiger charge is -2.22. The van der Waals surface area contributed by atoms with E-state index in [9.17, 15) is 14.4 Å². The van der Waals surface area contributed by atoms with Gasteiger partial charge in [-0.05, 0) is 70.4 Å². The molecule has 1 N–H and O–H groups in total. The molecule has 0 bridgehead atoms. The van der Waals surface area contributed by atoms with Crippen LogP contribution < -0.4 is 10.2 Å². The van der Waals surface area contributed by atoms with E-state index in [1.54, 1.807) is 47.4 Å². The van der Waals surface area contributed by atoms with Crippen LogP contribution >= 0.6 is 0 Å². The van der Waals surface area contributed by atoms with Gasteiger partial charge in [0.2, 0.25) is 0 Å². The van der Waals surface area contributed by atoms with Crippen molar-refractivity contribution in [1.29, 1.82) is 0 Å². The topological polar surface area (TPSA) is 84.9 Å². The number of hydrogen-bond donors (Lipinski definition) is 1. The fraction of sp³-hybridized carbons (Fsp3) is 0.472. The molecule has 2 aromatic carbocycles. The molecule has 0 aromatic heterocycles. The standard InChI is InChI=1S/C36H50N2O5/c1-5-6-7-8-9-13-25-42-28-34(39)38(24-22-30(4)17-14-16-29(2)3)33-21-15-20-32(27-33)35(40)37-23-26-43-36(41)31-18-11-10-12-19-31/h10-12,15-16,18-22,27H,5-9,13-14,17,23-26,28H2,1-4H3,(H,37,40)/b30-22+. The number of amides is 2. The SMILES string of the molecule is CCCCCCCCOCC(=O)N(C/C=C(\C)CCC=C(C)C)c1cccc(C(=O)NCCOC(=O)c2ccccc2)c1. The van der Waals surface area contributed by atoms with Gasteiger partial charge in [-0.1, -0.05) is 86.6 Å². The van der Waals surface area contributed by atoms with E-state index in [0.29, 0.717) is 30.0 Å². The quantitative estimate of drug-likeness (QED) is 0.0971. The molecule has 0 radical (unpaired) electrons. The van der Waals surface area contributed by atoms with Crippen molar-refractivity contribution >= 4 is 23.5 Å². The van der Waals surface area contributed by atoms with Crippen molar-refractivity contribution in [3.63, 3.8) is 0 Å². The van der Waals surface area contributed by atoms with Gasteiger partial charge in [-0.15, -0.1) is 0 Å². The number of hydrogen-bond acceptors (Lipinski definition) is 5. The fourth-order valence-electron chi connectivity index (χ4n) is 4.39. The third-order valence-electron chi connectivity index (χ3n) is 6.93. The molecule has 0 aliphatic heterocycles. The minimum Gasteiger partial charge on any atom is -0.460 e. The number of nitrogens with one attached hydrogen (secondary N) is 1. The molecule has 0 aliphatic rings. The third-order valence-corrected chi connectivity index (χ3v) is 6.93. The lowest BCUT2D eigenvalue weighted by atomic mass is 10.1. The number of carbonyl (C=O) groups is 3. The Hall–Kier alpha value is -3.71. The van der Waals surface area contributed by atoms with E-state index in [2.05, 4.69) is 45.2 Å². The maximum absolute atomic E-state index is 13.3. The summed E-state index contributed by atoms with van der Waals surface area (Å²) in [6.07, 6.45) is 13.1. The molecule has 7 heteroatoms. The highest BCUT2D eigenvalue weighted by molar-refractivity contribution is 5.98. The lowest BCUT2D eigenvalue weighted by Crippen LogP contribution is -2.35. The molecule has 234 valence electrons. The van der Waals surface area contributed by atoms with Gasteiger partial charge in [-0.3, -0.25) is 9.59 Å². The molecular weight excluding hydrogens is 540 g/mol. The number of carbonyl (C=O) groups excluding carboxylic acids is 3. The van der Waals surface area contributed by atoms with Crippen molar-refractivity contribution in [2.24, 2.45) is 0 Å². The summed E-state index contributed by atoms with van der Waals surface area (Å²) in [6, 6.07) is 15.7. The van der Waals surface area contributed by atoms with E-state index in [0.717, 1.165) is 25.7 Å². The molecule has 2 amide bonds. The number of anilines is 1. The van der Waals surface area contributed by atoms with Crippen LogP contribution in [0.15, 0.2) is 77.9 Å². The van der Waals surface area contributed by atoms with Crippen LogP contribution in [0.4, 0.5) is 5.69 Å². The van der Waals surface area contributed by atoms with Crippen molar-refractivity contribution in [1.82, 2.24) is 5.32 Å². The zero-order chi connectivity index (χ0) is 31.3.